The number of hydrogen-bond acceptors (Lipinski definition) is 5. The summed E-state index contributed by atoms with van der Waals surface area (Å²) in [6, 6.07) is 13.4. The molecule has 2 aliphatic rings. The van der Waals surface area contributed by atoms with Crippen molar-refractivity contribution < 1.29 is 14.3 Å². The van der Waals surface area contributed by atoms with Crippen molar-refractivity contribution in [1.29, 1.82) is 0 Å². The van der Waals surface area contributed by atoms with E-state index in [-0.39, 0.29) is 12.0 Å². The van der Waals surface area contributed by atoms with E-state index in [2.05, 4.69) is 14.6 Å². The molecule has 0 saturated carbocycles. The minimum Gasteiger partial charge on any atom is -0.491 e. The number of likely N-dealkylation sites (tertiary alicyclic amines) is 1. The van der Waals surface area contributed by atoms with Gasteiger partial charge in [-0.3, -0.25) is 9.20 Å². The van der Waals surface area contributed by atoms with Crippen LogP contribution in [0.1, 0.15) is 47.8 Å². The number of hydrogen-bond donors (Lipinski definition) is 0. The molecule has 0 radical (unpaired) electrons. The number of amides is 1. The van der Waals surface area contributed by atoms with Gasteiger partial charge in [0.1, 0.15) is 18.2 Å². The van der Waals surface area contributed by atoms with Crippen molar-refractivity contribution in [2.45, 2.75) is 37.7 Å². The van der Waals surface area contributed by atoms with Gasteiger partial charge in [-0.2, -0.15) is 0 Å². The second-order valence-electron chi connectivity index (χ2n) is 8.03. The zero-order chi connectivity index (χ0) is 20.3. The van der Waals surface area contributed by atoms with Crippen LogP contribution in [0.4, 0.5) is 0 Å². The molecule has 0 unspecified atom stereocenters. The Bertz CT molecular complexity index is 1020. The van der Waals surface area contributed by atoms with Crippen LogP contribution in [0.2, 0.25) is 0 Å². The predicted octanol–water partition coefficient (Wildman–Crippen LogP) is 3.31. The van der Waals surface area contributed by atoms with E-state index in [9.17, 15) is 4.79 Å². The quantitative estimate of drug-likeness (QED) is 0.650. The van der Waals surface area contributed by atoms with E-state index in [1.807, 2.05) is 53.6 Å². The maximum atomic E-state index is 13.0. The van der Waals surface area contributed by atoms with Crippen molar-refractivity contribution >= 4 is 11.6 Å². The minimum atomic E-state index is 0.0575. The van der Waals surface area contributed by atoms with Gasteiger partial charge in [0, 0.05) is 37.4 Å². The lowest BCUT2D eigenvalue weighted by atomic mass is 9.95. The number of fused-ring (bicyclic) bond motifs is 1. The zero-order valence-electron chi connectivity index (χ0n) is 16.9. The maximum Gasteiger partial charge on any atom is 0.253 e. The third-order valence-corrected chi connectivity index (χ3v) is 6.03. The Kier molecular flexibility index (Phi) is 5.36. The highest BCUT2D eigenvalue weighted by Crippen LogP contribution is 2.28. The Morgan fingerprint density at radius 2 is 2.00 bits per heavy atom. The van der Waals surface area contributed by atoms with E-state index in [1.165, 1.54) is 0 Å². The molecule has 2 saturated heterocycles. The van der Waals surface area contributed by atoms with Crippen molar-refractivity contribution in [2.24, 2.45) is 0 Å². The average molecular weight is 406 g/mol. The summed E-state index contributed by atoms with van der Waals surface area (Å²) in [6.07, 6.45) is 6.07. The SMILES string of the molecule is O=C(c1cccc(OC[C@H]2CCCO2)c1)N1CCC(c2nnc3ccccn23)CC1. The summed E-state index contributed by atoms with van der Waals surface area (Å²) in [4.78, 5) is 15.0. The highest BCUT2D eigenvalue weighted by molar-refractivity contribution is 5.94. The van der Waals surface area contributed by atoms with Gasteiger partial charge in [0.05, 0.1) is 6.10 Å². The Morgan fingerprint density at radius 1 is 1.10 bits per heavy atom. The number of rotatable bonds is 5. The van der Waals surface area contributed by atoms with Gasteiger partial charge in [-0.05, 0) is 56.0 Å². The number of pyridine rings is 1. The Morgan fingerprint density at radius 3 is 2.83 bits per heavy atom. The van der Waals surface area contributed by atoms with E-state index in [4.69, 9.17) is 9.47 Å². The molecule has 0 spiro atoms. The van der Waals surface area contributed by atoms with Gasteiger partial charge in [-0.15, -0.1) is 10.2 Å². The molecule has 0 aliphatic carbocycles. The molecule has 156 valence electrons. The number of carbonyl (C=O) groups is 1. The molecule has 30 heavy (non-hydrogen) atoms. The number of aromatic nitrogens is 3. The van der Waals surface area contributed by atoms with Crippen LogP contribution in [-0.4, -0.2) is 57.8 Å². The summed E-state index contributed by atoms with van der Waals surface area (Å²) in [7, 11) is 0. The smallest absolute Gasteiger partial charge is 0.253 e. The molecule has 2 fully saturated rings. The molecule has 1 aromatic carbocycles. The molecule has 2 aromatic heterocycles. The van der Waals surface area contributed by atoms with Gasteiger partial charge in [0.2, 0.25) is 0 Å². The second kappa shape index (κ2) is 8.44. The zero-order valence-corrected chi connectivity index (χ0v) is 16.9. The van der Waals surface area contributed by atoms with Crippen LogP contribution >= 0.6 is 0 Å². The lowest BCUT2D eigenvalue weighted by Crippen LogP contribution is -2.38. The standard InChI is InChI=1S/C23H26N4O3/c28-23(18-5-3-6-19(15-18)30-16-20-7-4-14-29-20)26-12-9-17(10-13-26)22-25-24-21-8-1-2-11-27(21)22/h1-3,5-6,8,11,15,17,20H,4,7,9-10,12-14,16H2/t20-/m1/s1. The Balaban J connectivity index is 1.21. The van der Waals surface area contributed by atoms with Crippen LogP contribution in [-0.2, 0) is 4.74 Å². The first-order valence-electron chi connectivity index (χ1n) is 10.7. The molecular formula is C23H26N4O3. The van der Waals surface area contributed by atoms with Crippen molar-refractivity contribution in [3.8, 4) is 5.75 Å². The van der Waals surface area contributed by atoms with E-state index in [1.54, 1.807) is 0 Å². The molecule has 5 rings (SSSR count). The summed E-state index contributed by atoms with van der Waals surface area (Å²) in [6.45, 7) is 2.78. The molecule has 0 N–H and O–H groups in total. The lowest BCUT2D eigenvalue weighted by molar-refractivity contribution is 0.0674. The average Bonchev–Trinajstić information content (AvgIpc) is 3.47. The fourth-order valence-electron chi connectivity index (χ4n) is 4.35. The Labute approximate surface area is 175 Å². The summed E-state index contributed by atoms with van der Waals surface area (Å²) >= 11 is 0. The minimum absolute atomic E-state index is 0.0575. The first-order chi connectivity index (χ1) is 14.8. The highest BCUT2D eigenvalue weighted by Gasteiger charge is 2.27. The molecule has 4 heterocycles. The molecule has 1 amide bonds. The van der Waals surface area contributed by atoms with E-state index < -0.39 is 0 Å². The molecular weight excluding hydrogens is 380 g/mol. The summed E-state index contributed by atoms with van der Waals surface area (Å²) in [5, 5.41) is 8.66. The van der Waals surface area contributed by atoms with Crippen molar-refractivity contribution in [1.82, 2.24) is 19.5 Å². The molecule has 1 atom stereocenters. The van der Waals surface area contributed by atoms with Crippen LogP contribution in [0.15, 0.2) is 48.7 Å². The largest absolute Gasteiger partial charge is 0.491 e. The van der Waals surface area contributed by atoms with E-state index in [0.717, 1.165) is 49.5 Å². The first kappa shape index (κ1) is 19.1. The van der Waals surface area contributed by atoms with Crippen molar-refractivity contribution in [3.05, 3.63) is 60.0 Å². The van der Waals surface area contributed by atoms with Gasteiger partial charge < -0.3 is 14.4 Å². The third kappa shape index (κ3) is 3.89. The van der Waals surface area contributed by atoms with Gasteiger partial charge >= 0.3 is 0 Å². The van der Waals surface area contributed by atoms with Crippen molar-refractivity contribution in [2.75, 3.05) is 26.3 Å². The second-order valence-corrected chi connectivity index (χ2v) is 8.03. The van der Waals surface area contributed by atoms with Gasteiger partial charge in [0.15, 0.2) is 5.65 Å². The first-order valence-corrected chi connectivity index (χ1v) is 10.7. The fraction of sp³-hybridized carbons (Fsp3) is 0.435. The van der Waals surface area contributed by atoms with Crippen LogP contribution in [0.3, 0.4) is 0 Å². The van der Waals surface area contributed by atoms with Gasteiger partial charge in [0.25, 0.3) is 5.91 Å². The van der Waals surface area contributed by atoms with E-state index in [0.29, 0.717) is 31.2 Å². The molecule has 2 aliphatic heterocycles. The number of benzene rings is 1. The van der Waals surface area contributed by atoms with Gasteiger partial charge in [-0.1, -0.05) is 12.1 Å². The summed E-state index contributed by atoms with van der Waals surface area (Å²) in [5.74, 6) is 2.08. The monoisotopic (exact) mass is 406 g/mol. The van der Waals surface area contributed by atoms with Gasteiger partial charge in [-0.25, -0.2) is 0 Å². The number of nitrogens with zero attached hydrogens (tertiary/aromatic N) is 4. The predicted molar refractivity (Wildman–Crippen MR) is 112 cm³/mol. The molecule has 3 aromatic rings. The summed E-state index contributed by atoms with van der Waals surface area (Å²) < 4.78 is 13.5. The normalized spacial score (nSPS) is 20.0. The van der Waals surface area contributed by atoms with Crippen LogP contribution in [0.5, 0.6) is 5.75 Å². The topological polar surface area (TPSA) is 69.0 Å². The number of carbonyl (C=O) groups excluding carboxylic acids is 1. The number of ether oxygens (including phenoxy) is 2. The van der Waals surface area contributed by atoms with Crippen molar-refractivity contribution in [3.63, 3.8) is 0 Å². The third-order valence-electron chi connectivity index (χ3n) is 6.03. The van der Waals surface area contributed by atoms with Crippen LogP contribution in [0, 0.1) is 0 Å². The number of piperidine rings is 1. The maximum absolute atomic E-state index is 13.0. The van der Waals surface area contributed by atoms with E-state index >= 15 is 0 Å². The fourth-order valence-corrected chi connectivity index (χ4v) is 4.35. The molecule has 7 heteroatoms. The lowest BCUT2D eigenvalue weighted by Gasteiger charge is -2.31. The highest BCUT2D eigenvalue weighted by atomic mass is 16.5. The molecule has 0 bridgehead atoms. The summed E-state index contributed by atoms with van der Waals surface area (Å²) in [5.41, 5.74) is 1.54. The Hall–Kier alpha value is -2.93. The van der Waals surface area contributed by atoms with Crippen LogP contribution in [0.25, 0.3) is 5.65 Å². The molecule has 7 nitrogen and oxygen atoms in total. The van der Waals surface area contributed by atoms with Crippen LogP contribution < -0.4 is 4.74 Å².